The van der Waals surface area contributed by atoms with Gasteiger partial charge in [0.25, 0.3) is 0 Å². The molecule has 0 saturated carbocycles. The molecule has 2 N–H and O–H groups in total. The Morgan fingerprint density at radius 1 is 1.67 bits per heavy atom. The van der Waals surface area contributed by atoms with Crippen molar-refractivity contribution in [3.63, 3.8) is 0 Å². The third kappa shape index (κ3) is 17.7. The van der Waals surface area contributed by atoms with E-state index in [0.717, 1.165) is 0 Å². The van der Waals surface area contributed by atoms with Crippen molar-refractivity contribution in [1.29, 1.82) is 0 Å². The first-order chi connectivity index (χ1) is 3.13. The van der Waals surface area contributed by atoms with Crippen LogP contribution in [0, 0.1) is 0 Å². The largest absolute Gasteiger partial charge is 0.481 e. The first kappa shape index (κ1) is 16.8. The van der Waals surface area contributed by atoms with E-state index in [0.29, 0.717) is 0 Å². The van der Waals surface area contributed by atoms with Crippen molar-refractivity contribution in [1.82, 2.24) is 0 Å². The van der Waals surface area contributed by atoms with Gasteiger partial charge in [-0.15, -0.1) is 0 Å². The molecular weight excluding hydrogens is 160 g/mol. The molecule has 0 fully saturated rings. The fourth-order valence-electron chi connectivity index (χ4n) is 0.253. The molecule has 0 amide bonds. The van der Waals surface area contributed by atoms with E-state index in [9.17, 15) is 4.79 Å². The van der Waals surface area contributed by atoms with Crippen LogP contribution in [-0.4, -0.2) is 83.1 Å². The number of rotatable bonds is 2. The van der Waals surface area contributed by atoms with Crippen LogP contribution in [0.15, 0.2) is 0 Å². The van der Waals surface area contributed by atoms with Crippen LogP contribution in [-0.2, 0) is 4.79 Å². The van der Waals surface area contributed by atoms with E-state index in [-0.39, 0.29) is 67.2 Å². The average Bonchev–Trinajstić information content (AvgIpc) is 1.27. The fraction of sp³-hybridized carbons (Fsp3) is 0.750. The van der Waals surface area contributed by atoms with Crippen molar-refractivity contribution < 1.29 is 15.0 Å². The Morgan fingerprint density at radius 3 is 2.00 bits per heavy atom. The molecule has 0 aromatic carbocycles. The molecule has 0 rings (SSSR count). The maximum atomic E-state index is 9.65. The van der Waals surface area contributed by atoms with Gasteiger partial charge in [-0.2, -0.15) is 0 Å². The maximum absolute atomic E-state index is 9.65. The summed E-state index contributed by atoms with van der Waals surface area (Å²) in [5.41, 5.74) is 0. The molecule has 0 unspecified atom stereocenters. The van der Waals surface area contributed by atoms with Gasteiger partial charge in [0.2, 0.25) is 0 Å². The molecule has 0 bridgehead atoms. The van der Waals surface area contributed by atoms with Crippen LogP contribution >= 0.6 is 0 Å². The van der Waals surface area contributed by atoms with E-state index in [1.807, 2.05) is 0 Å². The quantitative estimate of drug-likeness (QED) is 0.525. The van der Waals surface area contributed by atoms with Gasteiger partial charge in [-0.3, -0.25) is 4.79 Å². The topological polar surface area (TPSA) is 57.5 Å². The minimum atomic E-state index is -0.963. The average molecular weight is 168 g/mol. The summed E-state index contributed by atoms with van der Waals surface area (Å²) in [5.74, 6) is -0.963. The van der Waals surface area contributed by atoms with E-state index >= 15 is 0 Å². The SMILES string of the molecule is C[C@@H](O)CC(=O)O.[Ca].[Mg]. The maximum Gasteiger partial charge on any atom is 0.305 e. The van der Waals surface area contributed by atoms with E-state index in [2.05, 4.69) is 0 Å². The predicted molar refractivity (Wildman–Crippen MR) is 35.4 cm³/mol. The molecule has 0 aliphatic carbocycles. The van der Waals surface area contributed by atoms with Crippen LogP contribution in [0.3, 0.4) is 0 Å². The fourth-order valence-corrected chi connectivity index (χ4v) is 0.253. The second-order valence-corrected chi connectivity index (χ2v) is 1.45. The number of carbonyl (C=O) groups is 1. The molecule has 0 aromatic heterocycles. The molecule has 0 aromatic rings. The van der Waals surface area contributed by atoms with Gasteiger partial charge in [-0.05, 0) is 6.92 Å². The summed E-state index contributed by atoms with van der Waals surface area (Å²) in [6, 6.07) is 0. The molecule has 0 aliphatic rings. The van der Waals surface area contributed by atoms with Crippen LogP contribution in [0.1, 0.15) is 13.3 Å². The Balaban J connectivity index is -0.000000180. The summed E-state index contributed by atoms with van der Waals surface area (Å²) in [5, 5.41) is 16.3. The molecule has 1 atom stereocenters. The Hall–Kier alpha value is 1.46. The van der Waals surface area contributed by atoms with E-state index in [4.69, 9.17) is 10.2 Å². The third-order valence-corrected chi connectivity index (χ3v) is 0.470. The predicted octanol–water partition coefficient (Wildman–Crippen LogP) is -0.920. The molecular formula is C4H8CaMgO3. The first-order valence-electron chi connectivity index (χ1n) is 2.03. The van der Waals surface area contributed by atoms with Crippen molar-refractivity contribution >= 4 is 66.8 Å². The van der Waals surface area contributed by atoms with Gasteiger partial charge in [0.1, 0.15) is 0 Å². The van der Waals surface area contributed by atoms with E-state index in [1.165, 1.54) is 6.92 Å². The van der Waals surface area contributed by atoms with Crippen LogP contribution < -0.4 is 0 Å². The minimum absolute atomic E-state index is 0. The summed E-state index contributed by atoms with van der Waals surface area (Å²) in [7, 11) is 0. The summed E-state index contributed by atoms with van der Waals surface area (Å²) in [4.78, 5) is 9.65. The zero-order valence-corrected chi connectivity index (χ0v) is 9.12. The number of aliphatic hydroxyl groups is 1. The standard InChI is InChI=1S/C4H8O3.Ca.Mg/c1-3(5)2-4(6)7;;/h3,5H,2H2,1H3,(H,6,7);;/t3-;;/m1../s1. The number of aliphatic carboxylic acids is 1. The summed E-state index contributed by atoms with van der Waals surface area (Å²) in [6.07, 6.45) is -0.891. The van der Waals surface area contributed by atoms with Crippen molar-refractivity contribution in [3.05, 3.63) is 0 Å². The monoisotopic (exact) mass is 168 g/mol. The molecule has 46 valence electrons. The van der Waals surface area contributed by atoms with E-state index in [1.54, 1.807) is 0 Å². The Kier molecular flexibility index (Phi) is 17.7. The first-order valence-corrected chi connectivity index (χ1v) is 2.03. The van der Waals surface area contributed by atoms with Crippen molar-refractivity contribution in [2.24, 2.45) is 0 Å². The molecule has 4 radical (unpaired) electrons. The van der Waals surface area contributed by atoms with E-state index < -0.39 is 12.1 Å². The molecule has 9 heavy (non-hydrogen) atoms. The van der Waals surface area contributed by atoms with Crippen molar-refractivity contribution in [2.75, 3.05) is 0 Å². The summed E-state index contributed by atoms with van der Waals surface area (Å²) < 4.78 is 0. The molecule has 0 saturated heterocycles. The molecule has 3 nitrogen and oxygen atoms in total. The van der Waals surface area contributed by atoms with Crippen LogP contribution in [0.4, 0.5) is 0 Å². The Bertz CT molecular complexity index is 76.2. The Morgan fingerprint density at radius 2 is 2.00 bits per heavy atom. The normalized spacial score (nSPS) is 10.4. The minimum Gasteiger partial charge on any atom is -0.481 e. The van der Waals surface area contributed by atoms with Gasteiger partial charge in [-0.25, -0.2) is 0 Å². The van der Waals surface area contributed by atoms with Crippen LogP contribution in [0.2, 0.25) is 0 Å². The molecule has 5 heteroatoms. The van der Waals surface area contributed by atoms with Crippen molar-refractivity contribution in [2.45, 2.75) is 19.4 Å². The zero-order chi connectivity index (χ0) is 5.86. The van der Waals surface area contributed by atoms with Crippen LogP contribution in [0.5, 0.6) is 0 Å². The third-order valence-electron chi connectivity index (χ3n) is 0.470. The second-order valence-electron chi connectivity index (χ2n) is 1.45. The zero-order valence-electron chi connectivity index (χ0n) is 5.50. The number of hydrogen-bond donors (Lipinski definition) is 2. The number of aliphatic hydroxyl groups excluding tert-OH is 1. The molecule has 0 aliphatic heterocycles. The summed E-state index contributed by atoms with van der Waals surface area (Å²) >= 11 is 0. The molecule has 0 spiro atoms. The van der Waals surface area contributed by atoms with Gasteiger partial charge >= 0.3 is 5.97 Å². The Labute approximate surface area is 100.0 Å². The van der Waals surface area contributed by atoms with Crippen LogP contribution in [0.25, 0.3) is 0 Å². The van der Waals surface area contributed by atoms with Crippen molar-refractivity contribution in [3.8, 4) is 0 Å². The van der Waals surface area contributed by atoms with Gasteiger partial charge in [0.05, 0.1) is 12.5 Å². The summed E-state index contributed by atoms with van der Waals surface area (Å²) in [6.45, 7) is 1.44. The smallest absolute Gasteiger partial charge is 0.305 e. The number of hydrogen-bond acceptors (Lipinski definition) is 2. The number of carboxylic acid groups (broad SMARTS) is 1. The van der Waals surface area contributed by atoms with Gasteiger partial charge in [0, 0.05) is 60.8 Å². The second kappa shape index (κ2) is 9.46. The van der Waals surface area contributed by atoms with Gasteiger partial charge < -0.3 is 10.2 Å². The van der Waals surface area contributed by atoms with Gasteiger partial charge in [0.15, 0.2) is 0 Å². The molecule has 0 heterocycles. The van der Waals surface area contributed by atoms with Gasteiger partial charge in [-0.1, -0.05) is 0 Å². The number of carboxylic acids is 1.